The van der Waals surface area contributed by atoms with Crippen LogP contribution in [0.5, 0.6) is 0 Å². The van der Waals surface area contributed by atoms with Crippen LogP contribution in [0.2, 0.25) is 0 Å². The molecule has 1 aromatic carbocycles. The number of benzene rings is 1. The minimum atomic E-state index is -0.950. The molecule has 30 heavy (non-hydrogen) atoms. The number of halogens is 1. The van der Waals surface area contributed by atoms with E-state index in [0.717, 1.165) is 47.5 Å². The molecule has 6 rings (SSSR count). The Labute approximate surface area is 173 Å². The van der Waals surface area contributed by atoms with Gasteiger partial charge in [0, 0.05) is 53.8 Å². The van der Waals surface area contributed by atoms with Crippen LogP contribution in [0.1, 0.15) is 23.6 Å². The number of aromatic nitrogens is 5. The molecule has 2 atom stereocenters. The molecule has 0 spiro atoms. The molecular formula is C23H21FN6. The molecule has 1 saturated heterocycles. The highest BCUT2D eigenvalue weighted by molar-refractivity contribution is 5.83. The molecule has 4 heterocycles. The quantitative estimate of drug-likeness (QED) is 0.484. The number of rotatable bonds is 3. The first-order chi connectivity index (χ1) is 14.8. The molecule has 6 nitrogen and oxygen atoms in total. The second-order valence-electron chi connectivity index (χ2n) is 8.00. The van der Waals surface area contributed by atoms with Crippen LogP contribution in [0.15, 0.2) is 55.1 Å². The largest absolute Gasteiger partial charge is 0.314 e. The van der Waals surface area contributed by atoms with Crippen molar-refractivity contribution in [2.24, 2.45) is 0 Å². The molecule has 2 N–H and O–H groups in total. The maximum Gasteiger partial charge on any atom is 0.135 e. The Morgan fingerprint density at radius 2 is 1.93 bits per heavy atom. The number of fused-ring (bicyclic) bond motifs is 3. The van der Waals surface area contributed by atoms with Crippen molar-refractivity contribution in [3.63, 3.8) is 0 Å². The molecule has 1 fully saturated rings. The van der Waals surface area contributed by atoms with Crippen molar-refractivity contribution in [3.05, 3.63) is 66.2 Å². The van der Waals surface area contributed by atoms with Gasteiger partial charge in [-0.2, -0.15) is 10.2 Å². The van der Waals surface area contributed by atoms with Crippen LogP contribution in [-0.2, 0) is 6.42 Å². The van der Waals surface area contributed by atoms with Gasteiger partial charge in [-0.3, -0.25) is 14.8 Å². The number of alkyl halides is 1. The lowest BCUT2D eigenvalue weighted by molar-refractivity contribution is 0.173. The van der Waals surface area contributed by atoms with E-state index >= 15 is 0 Å². The zero-order valence-corrected chi connectivity index (χ0v) is 16.3. The Kier molecular flexibility index (Phi) is 4.02. The summed E-state index contributed by atoms with van der Waals surface area (Å²) in [5.41, 5.74) is 8.76. The van der Waals surface area contributed by atoms with Gasteiger partial charge in [0.2, 0.25) is 0 Å². The van der Waals surface area contributed by atoms with Gasteiger partial charge in [-0.15, -0.1) is 0 Å². The normalized spacial score (nSPS) is 20.2. The van der Waals surface area contributed by atoms with Gasteiger partial charge >= 0.3 is 0 Å². The van der Waals surface area contributed by atoms with Gasteiger partial charge in [0.25, 0.3) is 0 Å². The van der Waals surface area contributed by atoms with Crippen molar-refractivity contribution < 1.29 is 4.39 Å². The number of nitrogens with one attached hydrogen (secondary N) is 2. The third-order valence-corrected chi connectivity index (χ3v) is 6.18. The van der Waals surface area contributed by atoms with E-state index in [1.54, 1.807) is 12.4 Å². The van der Waals surface area contributed by atoms with E-state index in [2.05, 4.69) is 38.7 Å². The van der Waals surface area contributed by atoms with Crippen LogP contribution >= 0.6 is 0 Å². The number of pyridine rings is 1. The highest BCUT2D eigenvalue weighted by atomic mass is 19.1. The Hall–Kier alpha value is -3.32. The zero-order chi connectivity index (χ0) is 20.1. The van der Waals surface area contributed by atoms with Gasteiger partial charge in [0.05, 0.1) is 17.9 Å². The lowest BCUT2D eigenvalue weighted by Crippen LogP contribution is -2.39. The smallest absolute Gasteiger partial charge is 0.135 e. The lowest BCUT2D eigenvalue weighted by atomic mass is 9.98. The molecule has 3 aromatic heterocycles. The summed E-state index contributed by atoms with van der Waals surface area (Å²) in [7, 11) is 0. The average molecular weight is 400 g/mol. The summed E-state index contributed by atoms with van der Waals surface area (Å²) in [6, 6.07) is 10.1. The van der Waals surface area contributed by atoms with E-state index in [4.69, 9.17) is 5.10 Å². The van der Waals surface area contributed by atoms with E-state index < -0.39 is 6.17 Å². The minimum absolute atomic E-state index is 0.249. The molecule has 0 saturated carbocycles. The molecule has 4 aromatic rings. The third kappa shape index (κ3) is 2.77. The summed E-state index contributed by atoms with van der Waals surface area (Å²) in [5, 5.41) is 15.2. The van der Waals surface area contributed by atoms with Crippen LogP contribution in [0.3, 0.4) is 0 Å². The van der Waals surface area contributed by atoms with E-state index in [9.17, 15) is 4.39 Å². The molecule has 150 valence electrons. The molecule has 0 unspecified atom stereocenters. The highest BCUT2D eigenvalue weighted by Gasteiger charge is 2.29. The van der Waals surface area contributed by atoms with E-state index in [-0.39, 0.29) is 6.04 Å². The van der Waals surface area contributed by atoms with Crippen molar-refractivity contribution in [1.82, 2.24) is 30.3 Å². The van der Waals surface area contributed by atoms with Crippen molar-refractivity contribution in [1.29, 1.82) is 0 Å². The number of piperidine rings is 1. The maximum absolute atomic E-state index is 14.6. The summed E-state index contributed by atoms with van der Waals surface area (Å²) in [4.78, 5) is 4.13. The molecule has 0 amide bonds. The fourth-order valence-corrected chi connectivity index (χ4v) is 4.64. The molecule has 1 aliphatic heterocycles. The summed E-state index contributed by atoms with van der Waals surface area (Å²) in [6.07, 6.45) is 8.09. The first-order valence-electron chi connectivity index (χ1n) is 10.3. The van der Waals surface area contributed by atoms with Crippen LogP contribution in [0.25, 0.3) is 33.6 Å². The summed E-state index contributed by atoms with van der Waals surface area (Å²) >= 11 is 0. The monoisotopic (exact) mass is 400 g/mol. The molecule has 2 aliphatic rings. The summed E-state index contributed by atoms with van der Waals surface area (Å²) in [6.45, 7) is 1.17. The second-order valence-corrected chi connectivity index (χ2v) is 8.00. The fraction of sp³-hybridized carbons (Fsp3) is 0.261. The topological polar surface area (TPSA) is 71.4 Å². The third-order valence-electron chi connectivity index (χ3n) is 6.18. The zero-order valence-electron chi connectivity index (χ0n) is 16.3. The predicted octanol–water partition coefficient (Wildman–Crippen LogP) is 3.78. The first kappa shape index (κ1) is 17.5. The van der Waals surface area contributed by atoms with Gasteiger partial charge in [-0.25, -0.2) is 4.39 Å². The van der Waals surface area contributed by atoms with Crippen LogP contribution in [-0.4, -0.2) is 44.2 Å². The van der Waals surface area contributed by atoms with Crippen molar-refractivity contribution in [2.45, 2.75) is 25.1 Å². The Balaban J connectivity index is 1.47. The van der Waals surface area contributed by atoms with Gasteiger partial charge in [-0.05, 0) is 36.2 Å². The van der Waals surface area contributed by atoms with E-state index in [1.165, 1.54) is 16.7 Å². The van der Waals surface area contributed by atoms with Crippen LogP contribution < -0.4 is 5.32 Å². The van der Waals surface area contributed by atoms with Crippen molar-refractivity contribution in [2.75, 3.05) is 13.1 Å². The average Bonchev–Trinajstić information content (AvgIpc) is 3.49. The predicted molar refractivity (Wildman–Crippen MR) is 113 cm³/mol. The minimum Gasteiger partial charge on any atom is -0.314 e. The Morgan fingerprint density at radius 3 is 2.80 bits per heavy atom. The maximum atomic E-state index is 14.6. The van der Waals surface area contributed by atoms with Gasteiger partial charge in [-0.1, -0.05) is 18.2 Å². The van der Waals surface area contributed by atoms with Crippen molar-refractivity contribution in [3.8, 4) is 33.6 Å². The van der Waals surface area contributed by atoms with E-state index in [1.807, 2.05) is 29.2 Å². The molecule has 0 radical (unpaired) electrons. The van der Waals surface area contributed by atoms with Crippen LogP contribution in [0.4, 0.5) is 4.39 Å². The van der Waals surface area contributed by atoms with Gasteiger partial charge in [0.1, 0.15) is 11.9 Å². The summed E-state index contributed by atoms with van der Waals surface area (Å²) < 4.78 is 16.5. The standard InChI is InChI=1S/C23H21FN6/c24-20-12-26-8-5-21(20)30-13-19(23(29-30)14-3-6-25-7-4-14)15-1-2-18-16(9-15)10-17-11-27-28-22(17)18/h1-4,6-7,9,11,13,20-21,26H,5,8,10,12H2,(H,27,28)/t20-,21+/m0/s1. The molecule has 1 aliphatic carbocycles. The SMILES string of the molecule is F[C@H]1CNCC[C@H]1n1cc(-c2ccc3c(c2)Cc2cn[nH]c2-3)c(-c2ccncc2)n1. The van der Waals surface area contributed by atoms with E-state index in [0.29, 0.717) is 6.54 Å². The molecule has 0 bridgehead atoms. The molecular weight excluding hydrogens is 379 g/mol. The number of hydrogen-bond acceptors (Lipinski definition) is 4. The Morgan fingerprint density at radius 1 is 1.03 bits per heavy atom. The fourth-order valence-electron chi connectivity index (χ4n) is 4.64. The number of nitrogens with zero attached hydrogens (tertiary/aromatic N) is 4. The highest BCUT2D eigenvalue weighted by Crippen LogP contribution is 2.39. The number of hydrogen-bond donors (Lipinski definition) is 2. The second kappa shape index (κ2) is 6.88. The van der Waals surface area contributed by atoms with Gasteiger partial charge in [0.15, 0.2) is 0 Å². The van der Waals surface area contributed by atoms with Crippen molar-refractivity contribution >= 4 is 0 Å². The number of H-pyrrole nitrogens is 1. The molecule has 7 heteroatoms. The number of aromatic amines is 1. The first-order valence-corrected chi connectivity index (χ1v) is 10.3. The van der Waals surface area contributed by atoms with Gasteiger partial charge < -0.3 is 5.32 Å². The summed E-state index contributed by atoms with van der Waals surface area (Å²) in [5.74, 6) is 0. The Bertz CT molecular complexity index is 1210. The lowest BCUT2D eigenvalue weighted by Gasteiger charge is -2.26. The van der Waals surface area contributed by atoms with Crippen LogP contribution in [0, 0.1) is 0 Å².